The van der Waals surface area contributed by atoms with E-state index in [0.717, 1.165) is 43.4 Å². The molecular weight excluding hydrogens is 386 g/mol. The molecule has 0 spiro atoms. The molecule has 1 unspecified atom stereocenters. The maximum Gasteiger partial charge on any atom is 0.269 e. The maximum absolute atomic E-state index is 13.0. The van der Waals surface area contributed by atoms with Crippen molar-refractivity contribution in [3.8, 4) is 0 Å². The van der Waals surface area contributed by atoms with Crippen molar-refractivity contribution in [3.05, 3.63) is 57.6 Å². The monoisotopic (exact) mass is 401 g/mol. The minimum atomic E-state index is 0.0546. The number of pyridine rings is 2. The number of thiophene rings is 1. The number of fused-ring (bicyclic) bond motifs is 3. The van der Waals surface area contributed by atoms with E-state index in [2.05, 4.69) is 45.3 Å². The fourth-order valence-corrected chi connectivity index (χ4v) is 4.53. The minimum absolute atomic E-state index is 0.0546. The van der Waals surface area contributed by atoms with Gasteiger partial charge >= 0.3 is 0 Å². The summed E-state index contributed by atoms with van der Waals surface area (Å²) in [6.07, 6.45) is 10.7. The Hall–Kier alpha value is -1.92. The molecule has 0 amide bonds. The van der Waals surface area contributed by atoms with Gasteiger partial charge in [-0.1, -0.05) is 34.2 Å². The molecule has 0 fully saturated rings. The number of allylic oxidation sites excluding steroid dienone is 4. The molecule has 3 aromatic rings. The summed E-state index contributed by atoms with van der Waals surface area (Å²) in [4.78, 5) is 18.4. The van der Waals surface area contributed by atoms with Crippen LogP contribution in [-0.2, 0) is 0 Å². The van der Waals surface area contributed by atoms with Gasteiger partial charge in [-0.25, -0.2) is 4.98 Å². The van der Waals surface area contributed by atoms with E-state index >= 15 is 0 Å². The number of nitrogens with zero attached hydrogens (tertiary/aromatic N) is 2. The number of nitrogens with one attached hydrogen (secondary N) is 1. The first kappa shape index (κ1) is 15.6. The van der Waals surface area contributed by atoms with Crippen LogP contribution in [0, 0.1) is 0 Å². The quantitative estimate of drug-likeness (QED) is 0.683. The summed E-state index contributed by atoms with van der Waals surface area (Å²) in [7, 11) is 0. The highest BCUT2D eigenvalue weighted by molar-refractivity contribution is 9.11. The molecule has 4 rings (SSSR count). The molecule has 3 heterocycles. The average molecular weight is 402 g/mol. The van der Waals surface area contributed by atoms with Gasteiger partial charge < -0.3 is 9.88 Å². The lowest BCUT2D eigenvalue weighted by atomic mass is 10.1. The number of halogens is 1. The normalized spacial score (nSPS) is 17.4. The van der Waals surface area contributed by atoms with Crippen molar-refractivity contribution in [1.29, 1.82) is 0 Å². The zero-order valence-electron chi connectivity index (χ0n) is 13.1. The lowest BCUT2D eigenvalue weighted by Gasteiger charge is -2.17. The largest absolute Gasteiger partial charge is 0.385 e. The highest BCUT2D eigenvalue weighted by Gasteiger charge is 2.17. The lowest BCUT2D eigenvalue weighted by Crippen LogP contribution is -2.23. The Morgan fingerprint density at radius 1 is 1.46 bits per heavy atom. The van der Waals surface area contributed by atoms with Gasteiger partial charge in [-0.05, 0) is 25.5 Å². The fraction of sp³-hybridized carbons (Fsp3) is 0.222. The van der Waals surface area contributed by atoms with E-state index in [4.69, 9.17) is 0 Å². The molecule has 1 atom stereocenters. The van der Waals surface area contributed by atoms with E-state index in [1.54, 1.807) is 6.20 Å². The summed E-state index contributed by atoms with van der Waals surface area (Å²) in [6, 6.07) is 4.07. The zero-order valence-corrected chi connectivity index (χ0v) is 15.5. The van der Waals surface area contributed by atoms with Gasteiger partial charge in [-0.2, -0.15) is 0 Å². The van der Waals surface area contributed by atoms with Gasteiger partial charge in [0.25, 0.3) is 5.56 Å². The van der Waals surface area contributed by atoms with Crippen LogP contribution in [-0.4, -0.2) is 16.1 Å². The third kappa shape index (κ3) is 2.50. The molecule has 24 heavy (non-hydrogen) atoms. The van der Waals surface area contributed by atoms with Crippen LogP contribution in [0.3, 0.4) is 0 Å². The molecule has 0 aliphatic heterocycles. The van der Waals surface area contributed by atoms with Crippen LogP contribution >= 0.6 is 27.3 Å². The van der Waals surface area contributed by atoms with Crippen molar-refractivity contribution in [2.75, 3.05) is 11.9 Å². The van der Waals surface area contributed by atoms with Crippen LogP contribution in [0.4, 0.5) is 5.69 Å². The van der Waals surface area contributed by atoms with E-state index in [-0.39, 0.29) is 11.6 Å². The second-order valence-corrected chi connectivity index (χ2v) is 7.61. The first-order valence-electron chi connectivity index (χ1n) is 7.89. The Balaban J connectivity index is 1.91. The lowest BCUT2D eigenvalue weighted by molar-refractivity contribution is 0.590. The van der Waals surface area contributed by atoms with Crippen molar-refractivity contribution in [2.24, 2.45) is 0 Å². The third-order valence-corrected chi connectivity index (χ3v) is 5.91. The van der Waals surface area contributed by atoms with E-state index in [1.807, 2.05) is 29.0 Å². The molecular formula is C18H16BrN3OS. The first-order chi connectivity index (χ1) is 11.7. The summed E-state index contributed by atoms with van der Waals surface area (Å²) in [6.45, 7) is 2.90. The minimum Gasteiger partial charge on any atom is -0.385 e. The topological polar surface area (TPSA) is 46.9 Å². The second kappa shape index (κ2) is 6.18. The first-order valence-corrected chi connectivity index (χ1v) is 9.50. The maximum atomic E-state index is 13.0. The van der Waals surface area contributed by atoms with Crippen molar-refractivity contribution in [3.63, 3.8) is 0 Å². The molecule has 4 nitrogen and oxygen atoms in total. The smallest absolute Gasteiger partial charge is 0.269 e. The van der Waals surface area contributed by atoms with Crippen LogP contribution in [0.1, 0.15) is 19.4 Å². The summed E-state index contributed by atoms with van der Waals surface area (Å²) in [5, 5.41) is 5.39. The van der Waals surface area contributed by atoms with Crippen LogP contribution < -0.4 is 10.9 Å². The molecule has 0 bridgehead atoms. The van der Waals surface area contributed by atoms with Crippen molar-refractivity contribution < 1.29 is 0 Å². The van der Waals surface area contributed by atoms with Gasteiger partial charge in [-0.15, -0.1) is 11.3 Å². The predicted octanol–water partition coefficient (Wildman–Crippen LogP) is 4.82. The molecule has 1 aliphatic carbocycles. The van der Waals surface area contributed by atoms with Crippen LogP contribution in [0.2, 0.25) is 0 Å². The van der Waals surface area contributed by atoms with Gasteiger partial charge in [-0.3, -0.25) is 4.79 Å². The Kier molecular flexibility index (Phi) is 4.02. The number of rotatable bonds is 3. The van der Waals surface area contributed by atoms with Gasteiger partial charge in [0.05, 0.1) is 6.04 Å². The van der Waals surface area contributed by atoms with E-state index in [1.165, 1.54) is 11.3 Å². The zero-order chi connectivity index (χ0) is 16.7. The number of hydrogen-bond acceptors (Lipinski definition) is 4. The van der Waals surface area contributed by atoms with Gasteiger partial charge in [0.1, 0.15) is 9.53 Å². The Morgan fingerprint density at radius 3 is 3.08 bits per heavy atom. The van der Waals surface area contributed by atoms with E-state index < -0.39 is 0 Å². The number of anilines is 1. The Morgan fingerprint density at radius 2 is 2.33 bits per heavy atom. The summed E-state index contributed by atoms with van der Waals surface area (Å²) < 4.78 is 3.65. The van der Waals surface area contributed by atoms with Crippen molar-refractivity contribution in [2.45, 2.75) is 19.4 Å². The highest BCUT2D eigenvalue weighted by Crippen LogP contribution is 2.35. The fourth-order valence-electron chi connectivity index (χ4n) is 3.09. The van der Waals surface area contributed by atoms with Crippen LogP contribution in [0.15, 0.2) is 52.0 Å². The Labute approximate surface area is 151 Å². The van der Waals surface area contributed by atoms with Gasteiger partial charge in [0.2, 0.25) is 0 Å². The second-order valence-electron chi connectivity index (χ2n) is 5.69. The molecule has 1 aliphatic rings. The number of aromatic nitrogens is 2. The molecule has 0 saturated heterocycles. The molecule has 3 aromatic heterocycles. The molecule has 1 N–H and O–H groups in total. The van der Waals surface area contributed by atoms with Crippen LogP contribution in [0.5, 0.6) is 0 Å². The average Bonchev–Trinajstić information content (AvgIpc) is 2.97. The molecule has 122 valence electrons. The molecule has 0 aromatic carbocycles. The molecule has 0 radical (unpaired) electrons. The summed E-state index contributed by atoms with van der Waals surface area (Å²) >= 11 is 4.94. The predicted molar refractivity (Wildman–Crippen MR) is 105 cm³/mol. The van der Waals surface area contributed by atoms with Gasteiger partial charge in [0, 0.05) is 39.9 Å². The van der Waals surface area contributed by atoms with Crippen molar-refractivity contribution >= 4 is 53.3 Å². The SMILES string of the molecule is CCNc1ccnc2sc3c(=O)n(C4C=CC(Br)=CC4)ccc3c12. The molecule has 0 saturated carbocycles. The third-order valence-electron chi connectivity index (χ3n) is 4.22. The van der Waals surface area contributed by atoms with Gasteiger partial charge in [0.15, 0.2) is 0 Å². The number of hydrogen-bond donors (Lipinski definition) is 1. The highest BCUT2D eigenvalue weighted by atomic mass is 79.9. The summed E-state index contributed by atoms with van der Waals surface area (Å²) in [5.41, 5.74) is 1.09. The Bertz CT molecular complexity index is 1050. The standard InChI is InChI=1S/C18H16BrN3OS/c1-2-20-14-7-9-21-17-15(14)13-8-10-22(18(23)16(13)24-17)12-5-3-11(19)4-6-12/h3-5,7-10,12H,2,6H2,1H3,(H,20,21). The van der Waals surface area contributed by atoms with E-state index in [9.17, 15) is 4.79 Å². The van der Waals surface area contributed by atoms with Crippen LogP contribution in [0.25, 0.3) is 20.3 Å². The van der Waals surface area contributed by atoms with E-state index in [0.29, 0.717) is 0 Å². The summed E-state index contributed by atoms with van der Waals surface area (Å²) in [5.74, 6) is 0. The molecule has 6 heteroatoms. The van der Waals surface area contributed by atoms with Crippen molar-refractivity contribution in [1.82, 2.24) is 9.55 Å².